The number of carbonyl (C=O) groups excluding carboxylic acids is 1. The number of oxime groups is 1. The lowest BCUT2D eigenvalue weighted by atomic mass is 9.89. The molecule has 0 spiro atoms. The Balaban J connectivity index is 1.30. The van der Waals surface area contributed by atoms with Gasteiger partial charge in [-0.3, -0.25) is 4.79 Å². The van der Waals surface area contributed by atoms with E-state index in [0.717, 1.165) is 32.5 Å². The second-order valence-electron chi connectivity index (χ2n) is 8.68. The fraction of sp³-hybridized carbons (Fsp3) is 0.478. The van der Waals surface area contributed by atoms with Crippen molar-refractivity contribution in [3.05, 3.63) is 53.6 Å². The van der Waals surface area contributed by atoms with Gasteiger partial charge in [-0.15, -0.1) is 0 Å². The monoisotopic (exact) mass is 476 g/mol. The second-order valence-corrected chi connectivity index (χ2v) is 10.6. The van der Waals surface area contributed by atoms with Crippen LogP contribution in [-0.2, 0) is 17.1 Å². The molecule has 1 N–H and O–H groups in total. The van der Waals surface area contributed by atoms with Gasteiger partial charge in [-0.25, -0.2) is 12.8 Å². The molecule has 178 valence electrons. The molecule has 0 atom stereocenters. The van der Waals surface area contributed by atoms with Crippen LogP contribution in [0.3, 0.4) is 0 Å². The van der Waals surface area contributed by atoms with Gasteiger partial charge in [0.2, 0.25) is 10.0 Å². The van der Waals surface area contributed by atoms with Gasteiger partial charge < -0.3 is 14.7 Å². The molecule has 0 aliphatic carbocycles. The number of piperidine rings is 1. The number of halogens is 1. The Labute approximate surface area is 193 Å². The largest absolute Gasteiger partial charge is 0.411 e. The van der Waals surface area contributed by atoms with Gasteiger partial charge in [-0.05, 0) is 69.2 Å². The van der Waals surface area contributed by atoms with Crippen molar-refractivity contribution in [1.82, 2.24) is 13.8 Å². The molecule has 0 amide bonds. The van der Waals surface area contributed by atoms with Gasteiger partial charge in [0.15, 0.2) is 5.78 Å². The highest BCUT2D eigenvalue weighted by Crippen LogP contribution is 2.27. The lowest BCUT2D eigenvalue weighted by molar-refractivity contribution is 0.0838. The number of aromatic nitrogens is 1. The topological polar surface area (TPSA) is 95.2 Å². The Kier molecular flexibility index (Phi) is 6.96. The minimum absolute atomic E-state index is 0.0605. The number of ketones is 1. The number of carbonyl (C=O) groups is 1. The maximum Gasteiger partial charge on any atom is 0.245 e. The average Bonchev–Trinajstić information content (AvgIpc) is 3.16. The summed E-state index contributed by atoms with van der Waals surface area (Å²) < 4.78 is 42.6. The van der Waals surface area contributed by atoms with E-state index in [4.69, 9.17) is 0 Å². The molecule has 0 saturated carbocycles. The third-order valence-corrected chi connectivity index (χ3v) is 8.54. The van der Waals surface area contributed by atoms with Crippen LogP contribution in [0.15, 0.2) is 46.6 Å². The summed E-state index contributed by atoms with van der Waals surface area (Å²) in [5, 5.41) is 12.7. The van der Waals surface area contributed by atoms with Crippen LogP contribution >= 0.6 is 0 Å². The number of sulfonamides is 1. The molecule has 3 heterocycles. The van der Waals surface area contributed by atoms with Crippen LogP contribution in [0, 0.1) is 11.7 Å². The van der Waals surface area contributed by atoms with Gasteiger partial charge in [-0.1, -0.05) is 5.16 Å². The van der Waals surface area contributed by atoms with E-state index in [1.165, 1.54) is 28.6 Å². The molecule has 10 heteroatoms. The summed E-state index contributed by atoms with van der Waals surface area (Å²) in [5.74, 6) is -0.355. The summed E-state index contributed by atoms with van der Waals surface area (Å²) in [6, 6.07) is 7.25. The highest BCUT2D eigenvalue weighted by atomic mass is 32.2. The molecule has 2 aromatic rings. The lowest BCUT2D eigenvalue weighted by Crippen LogP contribution is -2.39. The van der Waals surface area contributed by atoms with Gasteiger partial charge in [0, 0.05) is 44.2 Å². The number of likely N-dealkylation sites (tertiary alicyclic amines) is 1. The molecule has 0 radical (unpaired) electrons. The summed E-state index contributed by atoms with van der Waals surface area (Å²) >= 11 is 0. The number of hydrogen-bond donors (Lipinski definition) is 1. The van der Waals surface area contributed by atoms with E-state index in [-0.39, 0.29) is 29.0 Å². The third-order valence-electron chi connectivity index (χ3n) is 6.61. The van der Waals surface area contributed by atoms with Crippen LogP contribution in [0.25, 0.3) is 0 Å². The Hall–Kier alpha value is -2.56. The number of rotatable bonds is 6. The number of nitrogens with zero attached hydrogens (tertiary/aromatic N) is 4. The summed E-state index contributed by atoms with van der Waals surface area (Å²) in [4.78, 5) is 15.1. The van der Waals surface area contributed by atoms with E-state index in [2.05, 4.69) is 10.1 Å². The standard InChI is InChI=1S/C23H29FN4O4S/c1-26-13-10-21-22(26)20(25-30)9-16-28(33(21,31)32)12-2-11-27-14-7-18(8-15-27)23(29)17-3-5-19(24)6-4-17/h3-6,10,13,18,30H,2,7-9,11-12,14-16H2,1H3. The maximum absolute atomic E-state index is 13.2. The lowest BCUT2D eigenvalue weighted by Gasteiger charge is -2.31. The fourth-order valence-electron chi connectivity index (χ4n) is 4.74. The zero-order chi connectivity index (χ0) is 23.6. The van der Waals surface area contributed by atoms with Gasteiger partial charge >= 0.3 is 0 Å². The van der Waals surface area contributed by atoms with Gasteiger partial charge in [0.05, 0.1) is 5.69 Å². The molecule has 0 bridgehead atoms. The van der Waals surface area contributed by atoms with E-state index in [1.54, 1.807) is 23.9 Å². The van der Waals surface area contributed by atoms with E-state index in [1.807, 2.05) is 0 Å². The number of fused-ring (bicyclic) bond motifs is 1. The van der Waals surface area contributed by atoms with Gasteiger partial charge in [0.25, 0.3) is 0 Å². The average molecular weight is 477 g/mol. The van der Waals surface area contributed by atoms with E-state index >= 15 is 0 Å². The van der Waals surface area contributed by atoms with E-state index < -0.39 is 10.0 Å². The number of aryl methyl sites for hydroxylation is 1. The molecule has 0 unspecified atom stereocenters. The molecule has 4 rings (SSSR count). The minimum Gasteiger partial charge on any atom is -0.411 e. The molecule has 1 saturated heterocycles. The first-order valence-corrected chi connectivity index (χ1v) is 12.6. The van der Waals surface area contributed by atoms with Crippen LogP contribution < -0.4 is 0 Å². The molecular formula is C23H29FN4O4S. The summed E-state index contributed by atoms with van der Waals surface area (Å²) in [7, 11) is -1.93. The Morgan fingerprint density at radius 3 is 2.48 bits per heavy atom. The van der Waals surface area contributed by atoms with Crippen LogP contribution in [0.4, 0.5) is 4.39 Å². The van der Waals surface area contributed by atoms with E-state index in [9.17, 15) is 22.8 Å². The minimum atomic E-state index is -3.67. The third kappa shape index (κ3) is 4.87. The van der Waals surface area contributed by atoms with Crippen LogP contribution in [-0.4, -0.2) is 71.6 Å². The normalized spacial score (nSPS) is 21.1. The number of Topliss-reactive ketones (excluding diaryl/α,β-unsaturated/α-hetero) is 1. The van der Waals surface area contributed by atoms with Gasteiger partial charge in [0.1, 0.15) is 16.4 Å². The Morgan fingerprint density at radius 2 is 1.82 bits per heavy atom. The summed E-state index contributed by atoms with van der Waals surface area (Å²) in [6.45, 7) is 2.93. The van der Waals surface area contributed by atoms with Crippen molar-refractivity contribution in [2.75, 3.05) is 32.7 Å². The zero-order valence-electron chi connectivity index (χ0n) is 18.7. The highest BCUT2D eigenvalue weighted by Gasteiger charge is 2.34. The smallest absolute Gasteiger partial charge is 0.245 e. The van der Waals surface area contributed by atoms with Crippen molar-refractivity contribution in [2.45, 2.75) is 30.6 Å². The predicted octanol–water partition coefficient (Wildman–Crippen LogP) is 2.72. The van der Waals surface area contributed by atoms with Gasteiger partial charge in [-0.2, -0.15) is 4.31 Å². The molecule has 1 fully saturated rings. The summed E-state index contributed by atoms with van der Waals surface area (Å²) in [6.07, 6.45) is 4.15. The van der Waals surface area contributed by atoms with Crippen molar-refractivity contribution in [1.29, 1.82) is 0 Å². The SMILES string of the molecule is Cn1ccc2c1C(=NO)CCN(CCCN1CCC(C(=O)c3ccc(F)cc3)CC1)S2(=O)=O. The predicted molar refractivity (Wildman–Crippen MR) is 122 cm³/mol. The molecule has 2 aliphatic rings. The van der Waals surface area contributed by atoms with Crippen LogP contribution in [0.5, 0.6) is 0 Å². The molecule has 2 aliphatic heterocycles. The first-order valence-electron chi connectivity index (χ1n) is 11.2. The molecular weight excluding hydrogens is 447 g/mol. The summed E-state index contributed by atoms with van der Waals surface area (Å²) in [5.41, 5.74) is 1.36. The maximum atomic E-state index is 13.2. The second kappa shape index (κ2) is 9.74. The first-order chi connectivity index (χ1) is 15.8. The van der Waals surface area contributed by atoms with Crippen LogP contribution in [0.1, 0.15) is 41.7 Å². The Bertz CT molecular complexity index is 1140. The highest BCUT2D eigenvalue weighted by molar-refractivity contribution is 7.89. The number of benzene rings is 1. The first kappa shape index (κ1) is 23.6. The zero-order valence-corrected chi connectivity index (χ0v) is 19.5. The fourth-order valence-corrected chi connectivity index (χ4v) is 6.46. The van der Waals surface area contributed by atoms with Crippen LogP contribution in [0.2, 0.25) is 0 Å². The molecule has 8 nitrogen and oxygen atoms in total. The quantitative estimate of drug-likeness (QED) is 0.393. The Morgan fingerprint density at radius 1 is 1.12 bits per heavy atom. The van der Waals surface area contributed by atoms with Crippen molar-refractivity contribution in [3.63, 3.8) is 0 Å². The molecule has 1 aromatic carbocycles. The number of hydrogen-bond acceptors (Lipinski definition) is 6. The van der Waals surface area contributed by atoms with Crippen molar-refractivity contribution in [2.24, 2.45) is 18.1 Å². The molecule has 33 heavy (non-hydrogen) atoms. The van der Waals surface area contributed by atoms with E-state index in [0.29, 0.717) is 36.4 Å². The van der Waals surface area contributed by atoms with Crippen molar-refractivity contribution >= 4 is 21.5 Å². The van der Waals surface area contributed by atoms with Crippen molar-refractivity contribution < 1.29 is 22.8 Å². The van der Waals surface area contributed by atoms with Crippen molar-refractivity contribution in [3.8, 4) is 0 Å². The molecule has 1 aromatic heterocycles.